The number of nitrogens with zero attached hydrogens (tertiary/aromatic N) is 5. The number of benzene rings is 2. The SMILES string of the molecule is C=CC(=C)N1CCN(c2nc(C)nc3c2CCN(c2cccc4cccc(C)c24)C3)CC1. The third kappa shape index (κ3) is 3.62. The second-order valence-electron chi connectivity index (χ2n) is 8.81. The van der Waals surface area contributed by atoms with Crippen molar-refractivity contribution in [1.82, 2.24) is 14.9 Å². The minimum atomic E-state index is 0.826. The van der Waals surface area contributed by atoms with Gasteiger partial charge in [-0.05, 0) is 43.4 Å². The van der Waals surface area contributed by atoms with Crippen LogP contribution in [-0.4, -0.2) is 47.6 Å². The second kappa shape index (κ2) is 8.30. The molecule has 2 aromatic carbocycles. The molecule has 1 aromatic heterocycles. The van der Waals surface area contributed by atoms with Gasteiger partial charge in [0.2, 0.25) is 0 Å². The molecule has 5 nitrogen and oxygen atoms in total. The molecule has 1 saturated heterocycles. The van der Waals surface area contributed by atoms with Gasteiger partial charge in [-0.1, -0.05) is 43.5 Å². The maximum Gasteiger partial charge on any atom is 0.136 e. The first kappa shape index (κ1) is 20.6. The molecule has 3 aromatic rings. The number of aryl methyl sites for hydroxylation is 2. The lowest BCUT2D eigenvalue weighted by Gasteiger charge is -2.39. The Hall–Kier alpha value is -3.34. The fraction of sp³-hybridized carbons (Fsp3) is 0.333. The van der Waals surface area contributed by atoms with Gasteiger partial charge in [0.05, 0.1) is 12.2 Å². The van der Waals surface area contributed by atoms with Gasteiger partial charge >= 0.3 is 0 Å². The Balaban J connectivity index is 1.44. The van der Waals surface area contributed by atoms with Crippen LogP contribution in [0.4, 0.5) is 11.5 Å². The van der Waals surface area contributed by atoms with Gasteiger partial charge in [-0.15, -0.1) is 0 Å². The van der Waals surface area contributed by atoms with Gasteiger partial charge in [0.1, 0.15) is 11.6 Å². The van der Waals surface area contributed by atoms with Crippen LogP contribution >= 0.6 is 0 Å². The van der Waals surface area contributed by atoms with Crippen molar-refractivity contribution in [2.24, 2.45) is 0 Å². The lowest BCUT2D eigenvalue weighted by molar-refractivity contribution is 0.330. The van der Waals surface area contributed by atoms with Crippen LogP contribution in [0.1, 0.15) is 22.6 Å². The number of rotatable bonds is 4. The van der Waals surface area contributed by atoms with Crippen LogP contribution in [-0.2, 0) is 13.0 Å². The minimum absolute atomic E-state index is 0.826. The van der Waals surface area contributed by atoms with E-state index in [2.05, 4.69) is 71.2 Å². The normalized spacial score (nSPS) is 16.2. The Bertz CT molecular complexity index is 1180. The second-order valence-corrected chi connectivity index (χ2v) is 8.81. The number of aromatic nitrogens is 2. The van der Waals surface area contributed by atoms with E-state index in [1.807, 2.05) is 13.0 Å². The molecule has 0 N–H and O–H groups in total. The summed E-state index contributed by atoms with van der Waals surface area (Å²) in [4.78, 5) is 17.0. The topological polar surface area (TPSA) is 35.5 Å². The Morgan fingerprint density at radius 1 is 0.938 bits per heavy atom. The maximum atomic E-state index is 4.90. The van der Waals surface area contributed by atoms with Gasteiger partial charge in [0.15, 0.2) is 0 Å². The number of fused-ring (bicyclic) bond motifs is 2. The van der Waals surface area contributed by atoms with E-state index in [0.29, 0.717) is 0 Å². The quantitative estimate of drug-likeness (QED) is 0.570. The Kier molecular flexibility index (Phi) is 5.33. The first-order valence-electron chi connectivity index (χ1n) is 11.5. The molecule has 1 fully saturated rings. The summed E-state index contributed by atoms with van der Waals surface area (Å²) in [5.74, 6) is 1.98. The van der Waals surface area contributed by atoms with Crippen molar-refractivity contribution in [2.75, 3.05) is 42.5 Å². The van der Waals surface area contributed by atoms with Crippen LogP contribution in [0.25, 0.3) is 10.8 Å². The highest BCUT2D eigenvalue weighted by molar-refractivity contribution is 5.97. The molecule has 2 aliphatic rings. The van der Waals surface area contributed by atoms with E-state index >= 15 is 0 Å². The van der Waals surface area contributed by atoms with Gasteiger partial charge < -0.3 is 14.7 Å². The highest BCUT2D eigenvalue weighted by Crippen LogP contribution is 2.34. The van der Waals surface area contributed by atoms with Crippen molar-refractivity contribution < 1.29 is 0 Å². The van der Waals surface area contributed by atoms with E-state index in [1.54, 1.807) is 0 Å². The van der Waals surface area contributed by atoms with Crippen LogP contribution in [0.5, 0.6) is 0 Å². The molecule has 0 amide bonds. The predicted octanol–water partition coefficient (Wildman–Crippen LogP) is 4.63. The fourth-order valence-corrected chi connectivity index (χ4v) is 5.10. The molecular formula is C27H31N5. The Morgan fingerprint density at radius 2 is 1.69 bits per heavy atom. The summed E-state index contributed by atoms with van der Waals surface area (Å²) in [6.07, 6.45) is 2.81. The van der Waals surface area contributed by atoms with E-state index in [4.69, 9.17) is 9.97 Å². The highest BCUT2D eigenvalue weighted by Gasteiger charge is 2.27. The first-order chi connectivity index (χ1) is 15.5. The molecule has 3 heterocycles. The summed E-state index contributed by atoms with van der Waals surface area (Å²) in [5, 5.41) is 2.65. The van der Waals surface area contributed by atoms with E-state index in [0.717, 1.165) is 63.0 Å². The molecule has 5 rings (SSSR count). The molecule has 0 bridgehead atoms. The molecule has 2 aliphatic heterocycles. The lowest BCUT2D eigenvalue weighted by Crippen LogP contribution is -2.46. The summed E-state index contributed by atoms with van der Waals surface area (Å²) in [7, 11) is 0. The molecule has 0 spiro atoms. The zero-order chi connectivity index (χ0) is 22.2. The van der Waals surface area contributed by atoms with Crippen molar-refractivity contribution in [3.05, 3.63) is 84.0 Å². The van der Waals surface area contributed by atoms with E-state index in [1.165, 1.54) is 33.3 Å². The molecule has 0 saturated carbocycles. The van der Waals surface area contributed by atoms with Gasteiger partial charge in [-0.25, -0.2) is 9.97 Å². The lowest BCUT2D eigenvalue weighted by atomic mass is 9.99. The van der Waals surface area contributed by atoms with Gasteiger partial charge in [0.25, 0.3) is 0 Å². The molecular weight excluding hydrogens is 394 g/mol. The average molecular weight is 426 g/mol. The van der Waals surface area contributed by atoms with Crippen molar-refractivity contribution in [3.8, 4) is 0 Å². The number of hydrogen-bond acceptors (Lipinski definition) is 5. The van der Waals surface area contributed by atoms with E-state index in [9.17, 15) is 0 Å². The van der Waals surface area contributed by atoms with Crippen LogP contribution in [0.15, 0.2) is 61.3 Å². The zero-order valence-corrected chi connectivity index (χ0v) is 19.1. The summed E-state index contributed by atoms with van der Waals surface area (Å²) in [6.45, 7) is 17.8. The fourth-order valence-electron chi connectivity index (χ4n) is 5.10. The third-order valence-electron chi connectivity index (χ3n) is 6.81. The zero-order valence-electron chi connectivity index (χ0n) is 19.1. The molecule has 0 radical (unpaired) electrons. The summed E-state index contributed by atoms with van der Waals surface area (Å²) >= 11 is 0. The Labute approximate surface area is 190 Å². The van der Waals surface area contributed by atoms with E-state index in [-0.39, 0.29) is 0 Å². The van der Waals surface area contributed by atoms with Gasteiger partial charge in [-0.2, -0.15) is 0 Å². The smallest absolute Gasteiger partial charge is 0.136 e. The number of hydrogen-bond donors (Lipinski definition) is 0. The first-order valence-corrected chi connectivity index (χ1v) is 11.5. The van der Waals surface area contributed by atoms with Crippen LogP contribution < -0.4 is 9.80 Å². The van der Waals surface area contributed by atoms with Gasteiger partial charge in [-0.3, -0.25) is 0 Å². The monoisotopic (exact) mass is 425 g/mol. The highest BCUT2D eigenvalue weighted by atomic mass is 15.3. The summed E-state index contributed by atoms with van der Waals surface area (Å²) < 4.78 is 0. The van der Waals surface area contributed by atoms with Crippen molar-refractivity contribution in [2.45, 2.75) is 26.8 Å². The summed E-state index contributed by atoms with van der Waals surface area (Å²) in [6, 6.07) is 13.2. The largest absolute Gasteiger partial charge is 0.368 e. The van der Waals surface area contributed by atoms with Crippen molar-refractivity contribution in [3.63, 3.8) is 0 Å². The third-order valence-corrected chi connectivity index (χ3v) is 6.81. The average Bonchev–Trinajstić information content (AvgIpc) is 2.82. The standard InChI is InChI=1S/C27H31N5/c1-5-20(3)30-14-16-31(17-15-30)27-23-12-13-32(18-24(23)28-21(4)29-27)25-11-7-10-22-9-6-8-19(2)26(22)25/h5-11H,1,3,12-18H2,2,4H3. The van der Waals surface area contributed by atoms with Crippen LogP contribution in [0.3, 0.4) is 0 Å². The Morgan fingerprint density at radius 3 is 2.44 bits per heavy atom. The van der Waals surface area contributed by atoms with Crippen LogP contribution in [0.2, 0.25) is 0 Å². The molecule has 0 aliphatic carbocycles. The molecule has 0 unspecified atom stereocenters. The molecule has 5 heteroatoms. The predicted molar refractivity (Wildman–Crippen MR) is 133 cm³/mol. The molecule has 32 heavy (non-hydrogen) atoms. The minimum Gasteiger partial charge on any atom is -0.368 e. The van der Waals surface area contributed by atoms with Crippen molar-refractivity contribution >= 4 is 22.3 Å². The van der Waals surface area contributed by atoms with Crippen molar-refractivity contribution in [1.29, 1.82) is 0 Å². The number of piperazine rings is 1. The number of allylic oxidation sites excluding steroid dienone is 1. The maximum absolute atomic E-state index is 4.90. The van der Waals surface area contributed by atoms with Crippen LogP contribution in [0, 0.1) is 13.8 Å². The van der Waals surface area contributed by atoms with Gasteiger partial charge in [0, 0.05) is 55.1 Å². The summed E-state index contributed by atoms with van der Waals surface area (Å²) in [5.41, 5.74) is 6.12. The molecule has 0 atom stereocenters. The number of anilines is 2. The molecule has 164 valence electrons. The van der Waals surface area contributed by atoms with E-state index < -0.39 is 0 Å².